The van der Waals surface area contributed by atoms with E-state index in [0.717, 1.165) is 0 Å². The number of hydrogen-bond acceptors (Lipinski definition) is 0. The predicted octanol–water partition coefficient (Wildman–Crippen LogP) is 3.90. The summed E-state index contributed by atoms with van der Waals surface area (Å²) in [5, 5.41) is 0. The van der Waals surface area contributed by atoms with Crippen molar-refractivity contribution < 1.29 is 0 Å². The number of rotatable bonds is 4. The van der Waals surface area contributed by atoms with Gasteiger partial charge >= 0.3 is 113 Å². The molecule has 0 radical (unpaired) electrons. The Morgan fingerprint density at radius 3 is 1.59 bits per heavy atom. The van der Waals surface area contributed by atoms with Crippen LogP contribution in [0.15, 0.2) is 60.7 Å². The molecule has 0 aliphatic rings. The van der Waals surface area contributed by atoms with E-state index in [4.69, 9.17) is 0 Å². The number of hydrogen-bond donors (Lipinski definition) is 0. The van der Waals surface area contributed by atoms with Gasteiger partial charge in [-0.2, -0.15) is 0 Å². The molecule has 0 aliphatic heterocycles. The van der Waals surface area contributed by atoms with Gasteiger partial charge in [0.05, 0.1) is 0 Å². The molecule has 0 bridgehead atoms. The van der Waals surface area contributed by atoms with Crippen molar-refractivity contribution >= 4 is 17.7 Å². The van der Waals surface area contributed by atoms with Gasteiger partial charge < -0.3 is 0 Å². The molecule has 0 saturated heterocycles. The van der Waals surface area contributed by atoms with Crippen LogP contribution in [0.5, 0.6) is 0 Å². The van der Waals surface area contributed by atoms with Crippen LogP contribution in [0.25, 0.3) is 0 Å². The molecule has 2 rings (SSSR count). The van der Waals surface area contributed by atoms with Crippen molar-refractivity contribution in [3.05, 3.63) is 71.8 Å². The molecule has 0 aromatic heterocycles. The van der Waals surface area contributed by atoms with Gasteiger partial charge in [0.2, 0.25) is 0 Å². The Bertz CT molecular complexity index is 408. The van der Waals surface area contributed by atoms with Gasteiger partial charge in [0.25, 0.3) is 0 Å². The zero-order valence-corrected chi connectivity index (χ0v) is 10.7. The second kappa shape index (κ2) is 5.58. The first-order chi connectivity index (χ1) is 8.27. The molecule has 0 heterocycles. The van der Waals surface area contributed by atoms with Crippen LogP contribution in [0.2, 0.25) is 0 Å². The molecule has 1 heteroatoms. The van der Waals surface area contributed by atoms with Crippen LogP contribution >= 0.6 is 0 Å². The van der Waals surface area contributed by atoms with E-state index in [1.807, 2.05) is 0 Å². The van der Waals surface area contributed by atoms with Gasteiger partial charge in [-0.1, -0.05) is 0 Å². The van der Waals surface area contributed by atoms with Gasteiger partial charge in [-0.15, -0.1) is 0 Å². The molecule has 0 saturated carbocycles. The Kier molecular flexibility index (Phi) is 4.10. The van der Waals surface area contributed by atoms with Crippen LogP contribution in [-0.2, 0) is 4.09 Å². The quantitative estimate of drug-likeness (QED) is 0.680. The Morgan fingerprint density at radius 2 is 1.24 bits per heavy atom. The van der Waals surface area contributed by atoms with Crippen LogP contribution in [0.1, 0.15) is 30.9 Å². The molecule has 0 atom stereocenters. The average molecular weight is 216 g/mol. The Labute approximate surface area is 113 Å². The van der Waals surface area contributed by atoms with Crippen molar-refractivity contribution in [2.45, 2.75) is 23.9 Å². The zero-order valence-electron chi connectivity index (χ0n) is 10.7. The van der Waals surface area contributed by atoms with E-state index in [0.29, 0.717) is 0 Å². The standard InChI is InChI=1S/C16H17.Li/c1-2-9-16(14-10-5-3-6-11-14)15-12-7-4-8-13-15;/h3-8,10-13H,2,9H2,1H3;. The van der Waals surface area contributed by atoms with E-state index >= 15 is 0 Å². The van der Waals surface area contributed by atoms with E-state index in [9.17, 15) is 0 Å². The topological polar surface area (TPSA) is 0 Å². The summed E-state index contributed by atoms with van der Waals surface area (Å²) in [5.41, 5.74) is 2.82. The van der Waals surface area contributed by atoms with Gasteiger partial charge in [0.1, 0.15) is 0 Å². The molecule has 17 heavy (non-hydrogen) atoms. The molecule has 0 amide bonds. The minimum absolute atomic E-state index is 0.136. The summed E-state index contributed by atoms with van der Waals surface area (Å²) >= 11 is 2.35. The summed E-state index contributed by atoms with van der Waals surface area (Å²) in [6.07, 6.45) is 2.38. The fourth-order valence-electron chi connectivity index (χ4n) is 2.57. The van der Waals surface area contributed by atoms with Crippen LogP contribution in [0, 0.1) is 0 Å². The minimum atomic E-state index is 0.136. The fourth-order valence-corrected chi connectivity index (χ4v) is 2.57. The zero-order chi connectivity index (χ0) is 12.1. The molecular formula is C16H17Li. The Hall–Kier alpha value is -0.963. The van der Waals surface area contributed by atoms with Crippen molar-refractivity contribution in [3.63, 3.8) is 0 Å². The van der Waals surface area contributed by atoms with E-state index in [2.05, 4.69) is 85.3 Å². The molecular weight excluding hydrogens is 199 g/mol. The van der Waals surface area contributed by atoms with Crippen LogP contribution in [0.3, 0.4) is 0 Å². The van der Waals surface area contributed by atoms with Crippen LogP contribution < -0.4 is 0 Å². The van der Waals surface area contributed by atoms with Gasteiger partial charge in [0.15, 0.2) is 0 Å². The third kappa shape index (κ3) is 2.65. The van der Waals surface area contributed by atoms with Crippen molar-refractivity contribution in [2.24, 2.45) is 0 Å². The van der Waals surface area contributed by atoms with Crippen LogP contribution in [-0.4, -0.2) is 17.7 Å². The van der Waals surface area contributed by atoms with Gasteiger partial charge in [-0.3, -0.25) is 0 Å². The molecule has 2 aromatic rings. The maximum absolute atomic E-state index is 2.35. The molecule has 82 valence electrons. The van der Waals surface area contributed by atoms with E-state index in [1.54, 1.807) is 0 Å². The monoisotopic (exact) mass is 216 g/mol. The second-order valence-corrected chi connectivity index (χ2v) is 4.81. The van der Waals surface area contributed by atoms with Crippen molar-refractivity contribution in [1.82, 2.24) is 0 Å². The molecule has 0 unspecified atom stereocenters. The Balaban J connectivity index is 2.47. The molecule has 0 fully saturated rings. The summed E-state index contributed by atoms with van der Waals surface area (Å²) in [5.74, 6) is 0. The average Bonchev–Trinajstić information content (AvgIpc) is 2.41. The van der Waals surface area contributed by atoms with Gasteiger partial charge in [-0.25, -0.2) is 0 Å². The molecule has 0 nitrogen and oxygen atoms in total. The predicted molar refractivity (Wildman–Crippen MR) is 74.3 cm³/mol. The summed E-state index contributed by atoms with van der Waals surface area (Å²) in [6.45, 7) is 2.25. The maximum atomic E-state index is 2.35. The molecule has 0 aliphatic carbocycles. The van der Waals surface area contributed by atoms with Crippen molar-refractivity contribution in [3.8, 4) is 0 Å². The normalized spacial score (nSPS) is 11.5. The summed E-state index contributed by atoms with van der Waals surface area (Å²) in [6, 6.07) is 21.6. The van der Waals surface area contributed by atoms with Crippen molar-refractivity contribution in [2.75, 3.05) is 0 Å². The molecule has 2 aromatic carbocycles. The summed E-state index contributed by atoms with van der Waals surface area (Å²) in [4.78, 5) is 0. The first-order valence-corrected chi connectivity index (χ1v) is 6.38. The summed E-state index contributed by atoms with van der Waals surface area (Å²) < 4.78 is 0.136. The second-order valence-electron chi connectivity index (χ2n) is 4.81. The van der Waals surface area contributed by atoms with E-state index in [-0.39, 0.29) is 4.09 Å². The fraction of sp³-hybridized carbons (Fsp3) is 0.250. The van der Waals surface area contributed by atoms with Gasteiger partial charge in [-0.05, 0) is 0 Å². The SMILES string of the molecule is [Li][C](CCC)(c1ccccc1)c1ccccc1. The summed E-state index contributed by atoms with van der Waals surface area (Å²) in [7, 11) is 0. The first kappa shape index (κ1) is 12.5. The Morgan fingerprint density at radius 1 is 0.824 bits per heavy atom. The van der Waals surface area contributed by atoms with Crippen LogP contribution in [0.4, 0.5) is 0 Å². The third-order valence-corrected chi connectivity index (χ3v) is 3.57. The van der Waals surface area contributed by atoms with Gasteiger partial charge in [0, 0.05) is 0 Å². The third-order valence-electron chi connectivity index (χ3n) is 3.57. The van der Waals surface area contributed by atoms with Crippen molar-refractivity contribution in [1.29, 1.82) is 0 Å². The first-order valence-electron chi connectivity index (χ1n) is 6.38. The molecule has 0 N–H and O–H groups in total. The van der Waals surface area contributed by atoms with E-state index < -0.39 is 0 Å². The van der Waals surface area contributed by atoms with E-state index in [1.165, 1.54) is 24.0 Å². The number of benzene rings is 2. The molecule has 0 spiro atoms.